The van der Waals surface area contributed by atoms with Gasteiger partial charge in [0.25, 0.3) is 0 Å². The molecule has 0 bridgehead atoms. The zero-order valence-electron chi connectivity index (χ0n) is 18.8. The Morgan fingerprint density at radius 1 is 1.16 bits per heavy atom. The molecule has 0 saturated heterocycles. The smallest absolute Gasteiger partial charge is 0.222 e. The van der Waals surface area contributed by atoms with Gasteiger partial charge in [-0.05, 0) is 65.0 Å². The van der Waals surface area contributed by atoms with Crippen LogP contribution in [0.2, 0.25) is 0 Å². The highest BCUT2D eigenvalue weighted by Gasteiger charge is 2.18. The van der Waals surface area contributed by atoms with Gasteiger partial charge >= 0.3 is 0 Å². The molecule has 0 aliphatic carbocycles. The van der Waals surface area contributed by atoms with Gasteiger partial charge in [-0.25, -0.2) is 9.97 Å². The van der Waals surface area contributed by atoms with Gasteiger partial charge < -0.3 is 20.8 Å². The number of pyridine rings is 3. The van der Waals surface area contributed by atoms with Crippen LogP contribution >= 0.6 is 0 Å². The Balaban J connectivity index is 2.10. The Hall–Kier alpha value is -3.48. The first-order chi connectivity index (χ1) is 14.9. The first kappa shape index (κ1) is 22.2. The van der Waals surface area contributed by atoms with Crippen LogP contribution in [0.4, 0.5) is 11.4 Å². The largest absolute Gasteiger partial charge is 0.477 e. The lowest BCUT2D eigenvalue weighted by Gasteiger charge is -2.21. The zero-order chi connectivity index (χ0) is 22.4. The SMILES string of the molecule is CCOc1ncccc1-c1cc(NCc2cccc(C)n2)c(NC(C)C)c(C(C)=N)n1. The fourth-order valence-electron chi connectivity index (χ4n) is 3.25. The third kappa shape index (κ3) is 5.57. The predicted molar refractivity (Wildman–Crippen MR) is 126 cm³/mol. The predicted octanol–water partition coefficient (Wildman–Crippen LogP) is 5.07. The number of hydrogen-bond acceptors (Lipinski definition) is 7. The van der Waals surface area contributed by atoms with Crippen molar-refractivity contribution in [2.45, 2.75) is 47.2 Å². The summed E-state index contributed by atoms with van der Waals surface area (Å²) in [6.07, 6.45) is 1.70. The lowest BCUT2D eigenvalue weighted by atomic mass is 10.1. The zero-order valence-corrected chi connectivity index (χ0v) is 18.8. The second kappa shape index (κ2) is 10.0. The van der Waals surface area contributed by atoms with Crippen LogP contribution in [0.5, 0.6) is 5.88 Å². The molecule has 3 rings (SSSR count). The van der Waals surface area contributed by atoms with Crippen LogP contribution in [-0.4, -0.2) is 33.3 Å². The highest BCUT2D eigenvalue weighted by molar-refractivity contribution is 6.03. The number of hydrogen-bond donors (Lipinski definition) is 3. The molecule has 0 radical (unpaired) electrons. The molecule has 7 nitrogen and oxygen atoms in total. The fourth-order valence-corrected chi connectivity index (χ4v) is 3.25. The normalized spacial score (nSPS) is 10.8. The van der Waals surface area contributed by atoms with E-state index in [-0.39, 0.29) is 6.04 Å². The van der Waals surface area contributed by atoms with E-state index in [1.54, 1.807) is 13.1 Å². The van der Waals surface area contributed by atoms with Crippen LogP contribution in [0.1, 0.15) is 44.8 Å². The Bertz CT molecular complexity index is 1060. The van der Waals surface area contributed by atoms with Crippen LogP contribution in [0, 0.1) is 12.3 Å². The van der Waals surface area contributed by atoms with E-state index in [4.69, 9.17) is 15.1 Å². The van der Waals surface area contributed by atoms with Gasteiger partial charge in [-0.1, -0.05) is 6.07 Å². The molecule has 0 aliphatic rings. The van der Waals surface area contributed by atoms with E-state index in [0.717, 1.165) is 28.3 Å². The molecule has 0 aliphatic heterocycles. The van der Waals surface area contributed by atoms with Gasteiger partial charge in [-0.3, -0.25) is 4.98 Å². The second-order valence-electron chi connectivity index (χ2n) is 7.62. The van der Waals surface area contributed by atoms with Crippen LogP contribution in [0.3, 0.4) is 0 Å². The summed E-state index contributed by atoms with van der Waals surface area (Å²) in [5, 5.41) is 15.3. The number of ether oxygens (including phenoxy) is 1. The molecular weight excluding hydrogens is 388 g/mol. The molecule has 0 atom stereocenters. The van der Waals surface area contributed by atoms with Gasteiger partial charge in [-0.2, -0.15) is 0 Å². The molecule has 0 fully saturated rings. The molecule has 0 spiro atoms. The first-order valence-corrected chi connectivity index (χ1v) is 10.5. The average Bonchev–Trinajstić information content (AvgIpc) is 2.73. The molecule has 3 N–H and O–H groups in total. The van der Waals surface area contributed by atoms with Gasteiger partial charge in [-0.15, -0.1) is 0 Å². The van der Waals surface area contributed by atoms with E-state index in [2.05, 4.69) is 34.4 Å². The summed E-state index contributed by atoms with van der Waals surface area (Å²) in [6.45, 7) is 10.9. The summed E-state index contributed by atoms with van der Waals surface area (Å²) in [5.74, 6) is 0.530. The van der Waals surface area contributed by atoms with E-state index in [1.807, 2.05) is 50.2 Å². The molecule has 0 amide bonds. The van der Waals surface area contributed by atoms with Crippen LogP contribution in [-0.2, 0) is 6.54 Å². The maximum Gasteiger partial charge on any atom is 0.222 e. The van der Waals surface area contributed by atoms with Gasteiger partial charge in [0.15, 0.2) is 0 Å². The van der Waals surface area contributed by atoms with Gasteiger partial charge in [0.1, 0.15) is 5.69 Å². The molecule has 7 heteroatoms. The number of nitrogens with one attached hydrogen (secondary N) is 3. The van der Waals surface area contributed by atoms with Gasteiger partial charge in [0.05, 0.1) is 47.2 Å². The minimum atomic E-state index is 0.181. The molecule has 3 heterocycles. The quantitative estimate of drug-likeness (QED) is 0.420. The number of rotatable bonds is 9. The highest BCUT2D eigenvalue weighted by atomic mass is 16.5. The Morgan fingerprint density at radius 3 is 2.65 bits per heavy atom. The van der Waals surface area contributed by atoms with E-state index < -0.39 is 0 Å². The minimum absolute atomic E-state index is 0.181. The molecule has 0 unspecified atom stereocenters. The molecule has 3 aromatic rings. The molecule has 0 saturated carbocycles. The van der Waals surface area contributed by atoms with Crippen molar-refractivity contribution in [2.24, 2.45) is 0 Å². The lowest BCUT2D eigenvalue weighted by Crippen LogP contribution is -2.17. The average molecular weight is 419 g/mol. The van der Waals surface area contributed by atoms with E-state index in [9.17, 15) is 0 Å². The summed E-state index contributed by atoms with van der Waals surface area (Å²) < 4.78 is 5.72. The summed E-state index contributed by atoms with van der Waals surface area (Å²) in [4.78, 5) is 13.8. The minimum Gasteiger partial charge on any atom is -0.477 e. The van der Waals surface area contributed by atoms with E-state index in [0.29, 0.717) is 36.1 Å². The molecule has 3 aromatic heterocycles. The summed E-state index contributed by atoms with van der Waals surface area (Å²) >= 11 is 0. The van der Waals surface area contributed by atoms with Crippen molar-refractivity contribution in [1.29, 1.82) is 5.41 Å². The molecular formula is C24H30N6O. The highest BCUT2D eigenvalue weighted by Crippen LogP contribution is 2.34. The number of aryl methyl sites for hydroxylation is 1. The first-order valence-electron chi connectivity index (χ1n) is 10.5. The second-order valence-corrected chi connectivity index (χ2v) is 7.62. The number of nitrogens with zero attached hydrogens (tertiary/aromatic N) is 3. The fraction of sp³-hybridized carbons (Fsp3) is 0.333. The van der Waals surface area contributed by atoms with E-state index >= 15 is 0 Å². The topological polar surface area (TPSA) is 95.8 Å². The van der Waals surface area contributed by atoms with Crippen molar-refractivity contribution in [1.82, 2.24) is 15.0 Å². The van der Waals surface area contributed by atoms with Crippen LogP contribution in [0.15, 0.2) is 42.6 Å². The standard InChI is InChI=1S/C24H30N6O/c1-6-31-24-19(11-8-12-26-24)20-13-21(27-14-18-10-7-9-16(4)29-18)23(28-15(2)3)22(30-20)17(5)25/h7-13,15,25,28H,6,14H2,1-5H3,(H,27,30). The van der Waals surface area contributed by atoms with Crippen molar-refractivity contribution in [3.8, 4) is 17.1 Å². The monoisotopic (exact) mass is 418 g/mol. The summed E-state index contributed by atoms with van der Waals surface area (Å²) in [5.41, 5.74) is 6.05. The van der Waals surface area contributed by atoms with Gasteiger partial charge in [0, 0.05) is 17.9 Å². The van der Waals surface area contributed by atoms with Crippen molar-refractivity contribution < 1.29 is 4.74 Å². The van der Waals surface area contributed by atoms with Crippen LogP contribution in [0.25, 0.3) is 11.3 Å². The molecule has 31 heavy (non-hydrogen) atoms. The summed E-state index contributed by atoms with van der Waals surface area (Å²) in [6, 6.07) is 11.9. The Morgan fingerprint density at radius 2 is 1.97 bits per heavy atom. The van der Waals surface area contributed by atoms with Crippen molar-refractivity contribution in [2.75, 3.05) is 17.2 Å². The van der Waals surface area contributed by atoms with Crippen molar-refractivity contribution >= 4 is 17.1 Å². The Kier molecular flexibility index (Phi) is 7.18. The van der Waals surface area contributed by atoms with Crippen molar-refractivity contribution in [3.63, 3.8) is 0 Å². The maximum absolute atomic E-state index is 8.35. The van der Waals surface area contributed by atoms with Crippen molar-refractivity contribution in [3.05, 3.63) is 59.7 Å². The molecule has 162 valence electrons. The third-order valence-corrected chi connectivity index (χ3v) is 4.54. The third-order valence-electron chi connectivity index (χ3n) is 4.54. The summed E-state index contributed by atoms with van der Waals surface area (Å²) in [7, 11) is 0. The Labute approximate surface area is 183 Å². The maximum atomic E-state index is 8.35. The number of anilines is 2. The van der Waals surface area contributed by atoms with Crippen LogP contribution < -0.4 is 15.4 Å². The number of aromatic nitrogens is 3. The van der Waals surface area contributed by atoms with Gasteiger partial charge in [0.2, 0.25) is 5.88 Å². The lowest BCUT2D eigenvalue weighted by molar-refractivity contribution is 0.328. The molecule has 0 aromatic carbocycles. The van der Waals surface area contributed by atoms with E-state index in [1.165, 1.54) is 0 Å².